The lowest BCUT2D eigenvalue weighted by atomic mass is 10.1. The molecule has 0 N–H and O–H groups in total. The second-order valence-electron chi connectivity index (χ2n) is 7.49. The van der Waals surface area contributed by atoms with Crippen LogP contribution in [0.4, 0.5) is 5.69 Å². The summed E-state index contributed by atoms with van der Waals surface area (Å²) in [6.07, 6.45) is 0. The van der Waals surface area contributed by atoms with Crippen LogP contribution in [0.15, 0.2) is 83.8 Å². The third-order valence-electron chi connectivity index (χ3n) is 4.85. The molecule has 0 aliphatic carbocycles. The first-order valence-electron chi connectivity index (χ1n) is 9.65. The highest BCUT2D eigenvalue weighted by Crippen LogP contribution is 2.18. The monoisotopic (exact) mass is 422 g/mol. The Morgan fingerprint density at radius 1 is 0.800 bits per heavy atom. The molecule has 0 saturated carbocycles. The highest BCUT2D eigenvalue weighted by molar-refractivity contribution is 7.90. The number of carbonyl (C=O) groups is 1. The first kappa shape index (κ1) is 21.6. The number of benzene rings is 3. The van der Waals surface area contributed by atoms with Crippen molar-refractivity contribution in [3.8, 4) is 0 Å². The fourth-order valence-electron chi connectivity index (χ4n) is 3.19. The van der Waals surface area contributed by atoms with Crippen LogP contribution in [0.2, 0.25) is 0 Å². The summed E-state index contributed by atoms with van der Waals surface area (Å²) in [5.74, 6) is -0.293. The van der Waals surface area contributed by atoms with Gasteiger partial charge in [-0.1, -0.05) is 42.5 Å². The van der Waals surface area contributed by atoms with Crippen LogP contribution < -0.4 is 4.90 Å². The maximum absolute atomic E-state index is 12.9. The van der Waals surface area contributed by atoms with Gasteiger partial charge in [0.25, 0.3) is 5.91 Å². The number of sulfone groups is 1. The maximum atomic E-state index is 12.9. The quantitative estimate of drug-likeness (QED) is 0.578. The Bertz CT molecular complexity index is 1110. The molecule has 0 heterocycles. The predicted molar refractivity (Wildman–Crippen MR) is 120 cm³/mol. The number of rotatable bonds is 7. The molecule has 0 aromatic heterocycles. The van der Waals surface area contributed by atoms with Crippen LogP contribution >= 0.6 is 0 Å². The molecule has 1 amide bonds. The molecule has 5 nitrogen and oxygen atoms in total. The largest absolute Gasteiger partial charge is 0.378 e. The Kier molecular flexibility index (Phi) is 6.57. The molecule has 0 spiro atoms. The van der Waals surface area contributed by atoms with E-state index in [9.17, 15) is 13.2 Å². The van der Waals surface area contributed by atoms with E-state index in [2.05, 4.69) is 0 Å². The fourth-order valence-corrected chi connectivity index (χ4v) is 4.55. The highest BCUT2D eigenvalue weighted by atomic mass is 32.2. The van der Waals surface area contributed by atoms with Crippen LogP contribution in [0.25, 0.3) is 0 Å². The van der Waals surface area contributed by atoms with E-state index in [0.29, 0.717) is 17.7 Å². The summed E-state index contributed by atoms with van der Waals surface area (Å²) < 4.78 is 25.3. The molecule has 0 fully saturated rings. The summed E-state index contributed by atoms with van der Waals surface area (Å²) in [6, 6.07) is 23.2. The molecular formula is C24H26N2O3S. The van der Waals surface area contributed by atoms with Crippen LogP contribution in [-0.2, 0) is 22.1 Å². The summed E-state index contributed by atoms with van der Waals surface area (Å²) in [6.45, 7) is 0.471. The van der Waals surface area contributed by atoms with Crippen LogP contribution in [0, 0.1) is 0 Å². The molecule has 0 atom stereocenters. The van der Waals surface area contributed by atoms with Crippen LogP contribution in [0.1, 0.15) is 21.5 Å². The molecular weight excluding hydrogens is 396 g/mol. The molecule has 0 unspecified atom stereocenters. The fraction of sp³-hybridized carbons (Fsp3) is 0.208. The van der Waals surface area contributed by atoms with Gasteiger partial charge in [0, 0.05) is 38.9 Å². The second-order valence-corrected chi connectivity index (χ2v) is 9.48. The lowest BCUT2D eigenvalue weighted by Crippen LogP contribution is -2.26. The van der Waals surface area contributed by atoms with Gasteiger partial charge in [-0.25, -0.2) is 8.42 Å². The average molecular weight is 423 g/mol. The van der Waals surface area contributed by atoms with E-state index < -0.39 is 9.84 Å². The molecule has 3 aromatic carbocycles. The second kappa shape index (κ2) is 9.13. The summed E-state index contributed by atoms with van der Waals surface area (Å²) in [5, 5.41) is 0. The number of nitrogens with zero attached hydrogens (tertiary/aromatic N) is 2. The van der Waals surface area contributed by atoms with E-state index in [-0.39, 0.29) is 16.6 Å². The van der Waals surface area contributed by atoms with Gasteiger partial charge in [-0.15, -0.1) is 0 Å². The van der Waals surface area contributed by atoms with Gasteiger partial charge in [0.2, 0.25) is 0 Å². The van der Waals surface area contributed by atoms with Crippen LogP contribution in [0.3, 0.4) is 0 Å². The van der Waals surface area contributed by atoms with Gasteiger partial charge in [0.1, 0.15) is 0 Å². The molecule has 0 bridgehead atoms. The number of hydrogen-bond donors (Lipinski definition) is 0. The van der Waals surface area contributed by atoms with Crippen molar-refractivity contribution in [2.24, 2.45) is 0 Å². The summed E-state index contributed by atoms with van der Waals surface area (Å²) >= 11 is 0. The predicted octanol–water partition coefficient (Wildman–Crippen LogP) is 4.00. The van der Waals surface area contributed by atoms with Crippen molar-refractivity contribution < 1.29 is 13.2 Å². The normalized spacial score (nSPS) is 11.2. The molecule has 30 heavy (non-hydrogen) atoms. The van der Waals surface area contributed by atoms with Gasteiger partial charge < -0.3 is 9.80 Å². The molecule has 6 heteroatoms. The van der Waals surface area contributed by atoms with Crippen molar-refractivity contribution in [1.82, 2.24) is 4.90 Å². The smallest absolute Gasteiger partial charge is 0.253 e. The molecule has 0 saturated heterocycles. The molecule has 0 aliphatic rings. The van der Waals surface area contributed by atoms with Crippen LogP contribution in [0.5, 0.6) is 0 Å². The minimum Gasteiger partial charge on any atom is -0.378 e. The maximum Gasteiger partial charge on any atom is 0.253 e. The first-order chi connectivity index (χ1) is 14.3. The highest BCUT2D eigenvalue weighted by Gasteiger charge is 2.17. The van der Waals surface area contributed by atoms with Gasteiger partial charge in [-0.05, 0) is 47.5 Å². The standard InChI is InChI=1S/C24H26N2O3S/c1-25(2)22-14-12-19(13-15-22)17-26(3)24(27)21-9-7-8-20(16-21)18-30(28,29)23-10-5-4-6-11-23/h4-16H,17-18H2,1-3H3. The van der Waals surface area contributed by atoms with Crippen molar-refractivity contribution in [2.45, 2.75) is 17.2 Å². The zero-order valence-corrected chi connectivity index (χ0v) is 18.3. The van der Waals surface area contributed by atoms with Gasteiger partial charge >= 0.3 is 0 Å². The third-order valence-corrected chi connectivity index (χ3v) is 6.56. The number of amides is 1. The van der Waals surface area contributed by atoms with Gasteiger partial charge in [-0.3, -0.25) is 4.79 Å². The Morgan fingerprint density at radius 3 is 2.10 bits per heavy atom. The summed E-state index contributed by atoms with van der Waals surface area (Å²) in [5.41, 5.74) is 3.19. The SMILES string of the molecule is CN(Cc1ccc(N(C)C)cc1)C(=O)c1cccc(CS(=O)(=O)c2ccccc2)c1. The Hall–Kier alpha value is -3.12. The topological polar surface area (TPSA) is 57.7 Å². The zero-order chi connectivity index (χ0) is 21.7. The van der Waals surface area contributed by atoms with Gasteiger partial charge in [0.15, 0.2) is 9.84 Å². The van der Waals surface area contributed by atoms with E-state index in [1.54, 1.807) is 66.5 Å². The van der Waals surface area contributed by atoms with Crippen LogP contribution in [-0.4, -0.2) is 40.4 Å². The molecule has 156 valence electrons. The van der Waals surface area contributed by atoms with Crippen molar-refractivity contribution in [3.05, 3.63) is 95.6 Å². The third kappa shape index (κ3) is 5.27. The Morgan fingerprint density at radius 2 is 1.47 bits per heavy atom. The van der Waals surface area contributed by atoms with E-state index >= 15 is 0 Å². The number of hydrogen-bond acceptors (Lipinski definition) is 4. The Balaban J connectivity index is 1.72. The number of carbonyl (C=O) groups excluding carboxylic acids is 1. The van der Waals surface area contributed by atoms with Gasteiger partial charge in [0.05, 0.1) is 10.6 Å². The van der Waals surface area contributed by atoms with Crippen molar-refractivity contribution in [1.29, 1.82) is 0 Å². The van der Waals surface area contributed by atoms with E-state index in [1.807, 2.05) is 43.3 Å². The number of anilines is 1. The average Bonchev–Trinajstić information content (AvgIpc) is 2.74. The van der Waals surface area contributed by atoms with Crippen molar-refractivity contribution in [3.63, 3.8) is 0 Å². The Labute approximate surface area is 178 Å². The minimum absolute atomic E-state index is 0.145. The van der Waals surface area contributed by atoms with Crippen molar-refractivity contribution >= 4 is 21.4 Å². The molecule has 3 rings (SSSR count). The summed E-state index contributed by atoms with van der Waals surface area (Å²) in [7, 11) is 2.24. The lowest BCUT2D eigenvalue weighted by Gasteiger charge is -2.19. The van der Waals surface area contributed by atoms with E-state index in [0.717, 1.165) is 11.3 Å². The minimum atomic E-state index is -3.46. The molecule has 0 radical (unpaired) electrons. The first-order valence-corrected chi connectivity index (χ1v) is 11.3. The van der Waals surface area contributed by atoms with Gasteiger partial charge in [-0.2, -0.15) is 0 Å². The zero-order valence-electron chi connectivity index (χ0n) is 17.4. The summed E-state index contributed by atoms with van der Waals surface area (Å²) in [4.78, 5) is 16.8. The molecule has 3 aromatic rings. The molecule has 0 aliphatic heterocycles. The van der Waals surface area contributed by atoms with Crippen molar-refractivity contribution in [2.75, 3.05) is 26.0 Å². The van der Waals surface area contributed by atoms with E-state index in [4.69, 9.17) is 0 Å². The lowest BCUT2D eigenvalue weighted by molar-refractivity contribution is 0.0785. The van der Waals surface area contributed by atoms with E-state index in [1.165, 1.54) is 0 Å².